The quantitative estimate of drug-likeness (QED) is 0.842. The fourth-order valence-electron chi connectivity index (χ4n) is 1.17. The van der Waals surface area contributed by atoms with E-state index in [4.69, 9.17) is 10.5 Å². The lowest BCUT2D eigenvalue weighted by atomic mass is 10.4. The van der Waals surface area contributed by atoms with Crippen molar-refractivity contribution in [2.45, 2.75) is 33.2 Å². The Labute approximate surface area is 87.0 Å². The third-order valence-electron chi connectivity index (χ3n) is 1.92. The van der Waals surface area contributed by atoms with Crippen LogP contribution in [0.2, 0.25) is 0 Å². The highest BCUT2D eigenvalue weighted by Gasteiger charge is 2.17. The zero-order valence-corrected chi connectivity index (χ0v) is 9.00. The van der Waals surface area contributed by atoms with Crippen molar-refractivity contribution < 1.29 is 13.5 Å². The zero-order chi connectivity index (χ0) is 11.6. The van der Waals surface area contributed by atoms with Crippen molar-refractivity contribution in [1.29, 1.82) is 0 Å². The molecule has 1 aromatic heterocycles. The highest BCUT2D eigenvalue weighted by atomic mass is 19.3. The minimum atomic E-state index is -2.51. The van der Waals surface area contributed by atoms with E-state index in [0.717, 1.165) is 0 Å². The summed E-state index contributed by atoms with van der Waals surface area (Å²) in [5.41, 5.74) is 6.59. The Morgan fingerprint density at radius 1 is 1.47 bits per heavy atom. The fourth-order valence-corrected chi connectivity index (χ4v) is 1.17. The Morgan fingerprint density at radius 3 is 2.53 bits per heavy atom. The van der Waals surface area contributed by atoms with Crippen molar-refractivity contribution in [3.63, 3.8) is 0 Å². The van der Waals surface area contributed by atoms with Crippen LogP contribution < -0.4 is 10.5 Å². The van der Waals surface area contributed by atoms with Gasteiger partial charge in [-0.15, -0.1) is 0 Å². The van der Waals surface area contributed by atoms with Crippen molar-refractivity contribution in [1.82, 2.24) is 9.78 Å². The van der Waals surface area contributed by atoms with Crippen molar-refractivity contribution in [2.24, 2.45) is 0 Å². The predicted octanol–water partition coefficient (Wildman–Crippen LogP) is 2.00. The number of hydrogen-bond acceptors (Lipinski definition) is 3. The van der Waals surface area contributed by atoms with Crippen LogP contribution in [0.5, 0.6) is 5.88 Å². The van der Waals surface area contributed by atoms with Gasteiger partial charge in [-0.2, -0.15) is 5.10 Å². The van der Waals surface area contributed by atoms with Gasteiger partial charge in [0.2, 0.25) is 5.88 Å². The lowest BCUT2D eigenvalue weighted by Crippen LogP contribution is -2.13. The predicted molar refractivity (Wildman–Crippen MR) is 53.3 cm³/mol. The SMILES string of the molecule is Cc1nn(C(C)C)c(OCC(F)F)c1N. The van der Waals surface area contributed by atoms with E-state index in [-0.39, 0.29) is 11.9 Å². The number of hydrogen-bond donors (Lipinski definition) is 1. The van der Waals surface area contributed by atoms with E-state index in [0.29, 0.717) is 11.4 Å². The molecule has 0 saturated heterocycles. The van der Waals surface area contributed by atoms with E-state index in [2.05, 4.69) is 5.10 Å². The molecule has 0 atom stereocenters. The molecule has 0 fully saturated rings. The standard InChI is InChI=1S/C9H15F2N3O/c1-5(2)14-9(15-4-7(10)11)8(12)6(3)13-14/h5,7H,4,12H2,1-3H3. The van der Waals surface area contributed by atoms with E-state index in [1.165, 1.54) is 4.68 Å². The summed E-state index contributed by atoms with van der Waals surface area (Å²) in [6.07, 6.45) is -2.51. The van der Waals surface area contributed by atoms with E-state index in [1.54, 1.807) is 6.92 Å². The maximum absolute atomic E-state index is 12.0. The minimum Gasteiger partial charge on any atom is -0.470 e. The lowest BCUT2D eigenvalue weighted by Gasteiger charge is -2.11. The normalized spacial score (nSPS) is 11.4. The Bertz CT molecular complexity index is 336. The van der Waals surface area contributed by atoms with Gasteiger partial charge < -0.3 is 10.5 Å². The smallest absolute Gasteiger partial charge is 0.272 e. The summed E-state index contributed by atoms with van der Waals surface area (Å²) in [5.74, 6) is 0.225. The van der Waals surface area contributed by atoms with E-state index >= 15 is 0 Å². The number of nitrogen functional groups attached to an aromatic ring is 1. The van der Waals surface area contributed by atoms with Crippen LogP contribution in [0, 0.1) is 6.92 Å². The van der Waals surface area contributed by atoms with Gasteiger partial charge in [0.25, 0.3) is 6.43 Å². The molecular weight excluding hydrogens is 204 g/mol. The summed E-state index contributed by atoms with van der Waals surface area (Å²) in [4.78, 5) is 0. The monoisotopic (exact) mass is 219 g/mol. The third-order valence-corrected chi connectivity index (χ3v) is 1.92. The number of aromatic nitrogens is 2. The summed E-state index contributed by atoms with van der Waals surface area (Å²) < 4.78 is 30.4. The summed E-state index contributed by atoms with van der Waals surface area (Å²) in [5, 5.41) is 4.11. The van der Waals surface area contributed by atoms with Gasteiger partial charge in [-0.05, 0) is 20.8 Å². The van der Waals surface area contributed by atoms with Gasteiger partial charge in [0.15, 0.2) is 6.61 Å². The van der Waals surface area contributed by atoms with Crippen LogP contribution in [0.15, 0.2) is 0 Å². The van der Waals surface area contributed by atoms with E-state index in [1.807, 2.05) is 13.8 Å². The lowest BCUT2D eigenvalue weighted by molar-refractivity contribution is 0.0765. The second-order valence-electron chi connectivity index (χ2n) is 3.54. The molecule has 86 valence electrons. The Kier molecular flexibility index (Phi) is 3.49. The van der Waals surface area contributed by atoms with Gasteiger partial charge in [-0.1, -0.05) is 0 Å². The molecule has 0 aliphatic heterocycles. The maximum Gasteiger partial charge on any atom is 0.272 e. The highest BCUT2D eigenvalue weighted by Crippen LogP contribution is 2.28. The van der Waals surface area contributed by atoms with Gasteiger partial charge >= 0.3 is 0 Å². The molecule has 0 aromatic carbocycles. The van der Waals surface area contributed by atoms with E-state index < -0.39 is 13.0 Å². The Hall–Kier alpha value is -1.33. The second-order valence-corrected chi connectivity index (χ2v) is 3.54. The molecule has 0 amide bonds. The van der Waals surface area contributed by atoms with Crippen molar-refractivity contribution >= 4 is 5.69 Å². The summed E-state index contributed by atoms with van der Waals surface area (Å²) in [6.45, 7) is 4.80. The fraction of sp³-hybridized carbons (Fsp3) is 0.667. The van der Waals surface area contributed by atoms with Gasteiger partial charge in [0.05, 0.1) is 11.7 Å². The molecule has 0 unspecified atom stereocenters. The molecule has 0 spiro atoms. The molecule has 6 heteroatoms. The van der Waals surface area contributed by atoms with Crippen LogP contribution in [-0.4, -0.2) is 22.8 Å². The average molecular weight is 219 g/mol. The first kappa shape index (κ1) is 11.7. The van der Waals surface area contributed by atoms with E-state index in [9.17, 15) is 8.78 Å². The molecule has 0 radical (unpaired) electrons. The number of rotatable bonds is 4. The molecule has 0 aliphatic carbocycles. The zero-order valence-electron chi connectivity index (χ0n) is 9.00. The molecule has 4 nitrogen and oxygen atoms in total. The van der Waals surface area contributed by atoms with Gasteiger partial charge in [-0.25, -0.2) is 13.5 Å². The second kappa shape index (κ2) is 4.46. The number of aryl methyl sites for hydroxylation is 1. The van der Waals surface area contributed by atoms with Gasteiger partial charge in [0.1, 0.15) is 5.69 Å². The van der Waals surface area contributed by atoms with Gasteiger partial charge in [-0.3, -0.25) is 0 Å². The third kappa shape index (κ3) is 2.57. The van der Waals surface area contributed by atoms with Gasteiger partial charge in [0, 0.05) is 0 Å². The first-order valence-electron chi connectivity index (χ1n) is 4.69. The summed E-state index contributed by atoms with van der Waals surface area (Å²) >= 11 is 0. The number of anilines is 1. The number of nitrogens with zero attached hydrogens (tertiary/aromatic N) is 2. The van der Waals surface area contributed by atoms with Crippen LogP contribution in [0.1, 0.15) is 25.6 Å². The topological polar surface area (TPSA) is 53.1 Å². The number of alkyl halides is 2. The summed E-state index contributed by atoms with van der Waals surface area (Å²) in [6, 6.07) is 0.0219. The van der Waals surface area contributed by atoms with Crippen molar-refractivity contribution in [2.75, 3.05) is 12.3 Å². The first-order valence-corrected chi connectivity index (χ1v) is 4.69. The molecule has 1 heterocycles. The number of nitrogens with two attached hydrogens (primary N) is 1. The van der Waals surface area contributed by atoms with Crippen LogP contribution in [0.4, 0.5) is 14.5 Å². The highest BCUT2D eigenvalue weighted by molar-refractivity contribution is 5.52. The molecule has 1 aromatic rings. The van der Waals surface area contributed by atoms with Crippen LogP contribution in [0.3, 0.4) is 0 Å². The van der Waals surface area contributed by atoms with Crippen LogP contribution >= 0.6 is 0 Å². The van der Waals surface area contributed by atoms with Crippen LogP contribution in [0.25, 0.3) is 0 Å². The van der Waals surface area contributed by atoms with Crippen molar-refractivity contribution in [3.8, 4) is 5.88 Å². The molecule has 1 rings (SSSR count). The molecule has 15 heavy (non-hydrogen) atoms. The molecule has 2 N–H and O–H groups in total. The average Bonchev–Trinajstić information content (AvgIpc) is 2.41. The minimum absolute atomic E-state index is 0.0219. The molecule has 0 bridgehead atoms. The maximum atomic E-state index is 12.0. The first-order chi connectivity index (χ1) is 6.93. The van der Waals surface area contributed by atoms with Crippen molar-refractivity contribution in [3.05, 3.63) is 5.69 Å². The molecule has 0 aliphatic rings. The Morgan fingerprint density at radius 2 is 2.07 bits per heavy atom. The Balaban J connectivity index is 2.92. The largest absolute Gasteiger partial charge is 0.470 e. The number of halogens is 2. The molecular formula is C9H15F2N3O. The number of ether oxygens (including phenoxy) is 1. The van der Waals surface area contributed by atoms with Crippen LogP contribution in [-0.2, 0) is 0 Å². The molecule has 0 saturated carbocycles. The summed E-state index contributed by atoms with van der Waals surface area (Å²) in [7, 11) is 0.